The first-order chi connectivity index (χ1) is 8.99. The molecular weight excluding hydrogens is 316 g/mol. The maximum atomic E-state index is 12.4. The Morgan fingerprint density at radius 3 is 2.37 bits per heavy atom. The molecule has 0 aliphatic rings. The minimum atomic E-state index is -2.93. The summed E-state index contributed by atoms with van der Waals surface area (Å²) >= 11 is 17.9. The van der Waals surface area contributed by atoms with Crippen LogP contribution in [0.5, 0.6) is 5.75 Å². The third-order valence-corrected chi connectivity index (χ3v) is 3.45. The average molecular weight is 324 g/mol. The summed E-state index contributed by atoms with van der Waals surface area (Å²) in [6, 6.07) is 9.24. The van der Waals surface area contributed by atoms with E-state index in [1.54, 1.807) is 18.2 Å². The lowest BCUT2D eigenvalue weighted by Crippen LogP contribution is -2.03. The van der Waals surface area contributed by atoms with Gasteiger partial charge >= 0.3 is 6.61 Å². The van der Waals surface area contributed by atoms with Crippen molar-refractivity contribution >= 4 is 34.8 Å². The number of halogens is 5. The van der Waals surface area contributed by atoms with E-state index in [1.807, 2.05) is 0 Å². The van der Waals surface area contributed by atoms with Crippen LogP contribution in [0.2, 0.25) is 15.1 Å². The molecule has 2 aromatic carbocycles. The molecule has 19 heavy (non-hydrogen) atoms. The van der Waals surface area contributed by atoms with E-state index in [2.05, 4.69) is 4.74 Å². The fourth-order valence-electron chi connectivity index (χ4n) is 1.62. The first-order valence-electron chi connectivity index (χ1n) is 5.18. The minimum Gasteiger partial charge on any atom is -0.434 e. The second-order valence-corrected chi connectivity index (χ2v) is 4.84. The van der Waals surface area contributed by atoms with Crippen LogP contribution in [0.3, 0.4) is 0 Å². The van der Waals surface area contributed by atoms with E-state index in [4.69, 9.17) is 34.8 Å². The third kappa shape index (κ3) is 3.30. The molecule has 0 unspecified atom stereocenters. The van der Waals surface area contributed by atoms with E-state index in [0.717, 1.165) is 0 Å². The van der Waals surface area contributed by atoms with Crippen molar-refractivity contribution in [1.82, 2.24) is 0 Å². The molecule has 0 amide bonds. The first kappa shape index (κ1) is 14.4. The summed E-state index contributed by atoms with van der Waals surface area (Å²) in [5.41, 5.74) is 0.840. The Bertz CT molecular complexity index is 602. The van der Waals surface area contributed by atoms with Crippen molar-refractivity contribution in [2.45, 2.75) is 6.61 Å². The molecule has 0 saturated carbocycles. The van der Waals surface area contributed by atoms with Gasteiger partial charge in [0.25, 0.3) is 0 Å². The first-order valence-corrected chi connectivity index (χ1v) is 6.31. The second-order valence-electron chi connectivity index (χ2n) is 3.62. The van der Waals surface area contributed by atoms with Crippen LogP contribution in [0.15, 0.2) is 36.4 Å². The zero-order valence-electron chi connectivity index (χ0n) is 9.34. The smallest absolute Gasteiger partial charge is 0.387 e. The maximum absolute atomic E-state index is 12.4. The fourth-order valence-corrected chi connectivity index (χ4v) is 2.20. The molecule has 0 aliphatic heterocycles. The Morgan fingerprint density at radius 2 is 1.68 bits per heavy atom. The van der Waals surface area contributed by atoms with Gasteiger partial charge in [0.1, 0.15) is 5.75 Å². The number of ether oxygens (including phenoxy) is 1. The molecule has 0 bridgehead atoms. The SMILES string of the molecule is FC(F)Oc1ccc(Cl)cc1-c1cccc(Cl)c1Cl. The van der Waals surface area contributed by atoms with Gasteiger partial charge < -0.3 is 4.74 Å². The molecule has 0 saturated heterocycles. The van der Waals surface area contributed by atoms with Crippen LogP contribution in [-0.2, 0) is 0 Å². The zero-order chi connectivity index (χ0) is 14.0. The molecule has 6 heteroatoms. The summed E-state index contributed by atoms with van der Waals surface area (Å²) in [5, 5.41) is 0.959. The van der Waals surface area contributed by atoms with Crippen LogP contribution in [0.25, 0.3) is 11.1 Å². The maximum Gasteiger partial charge on any atom is 0.387 e. The van der Waals surface area contributed by atoms with Gasteiger partial charge in [-0.15, -0.1) is 0 Å². The lowest BCUT2D eigenvalue weighted by Gasteiger charge is -2.13. The van der Waals surface area contributed by atoms with Crippen molar-refractivity contribution in [3.8, 4) is 16.9 Å². The quantitative estimate of drug-likeness (QED) is 0.681. The Balaban J connectivity index is 2.59. The summed E-state index contributed by atoms with van der Waals surface area (Å²) in [6.45, 7) is -2.93. The molecular formula is C13H7Cl3F2O. The molecule has 2 aromatic rings. The molecule has 0 fully saturated rings. The molecule has 0 heterocycles. The van der Waals surface area contributed by atoms with Crippen LogP contribution in [0, 0.1) is 0 Å². The number of hydrogen-bond acceptors (Lipinski definition) is 1. The Hall–Kier alpha value is -1.03. The van der Waals surface area contributed by atoms with Gasteiger partial charge in [-0.05, 0) is 24.3 Å². The van der Waals surface area contributed by atoms with Gasteiger partial charge in [0.05, 0.1) is 10.0 Å². The van der Waals surface area contributed by atoms with Crippen LogP contribution in [-0.4, -0.2) is 6.61 Å². The summed E-state index contributed by atoms with van der Waals surface area (Å²) in [6.07, 6.45) is 0. The number of alkyl halides is 2. The molecule has 0 spiro atoms. The summed E-state index contributed by atoms with van der Waals surface area (Å²) < 4.78 is 29.2. The van der Waals surface area contributed by atoms with Crippen molar-refractivity contribution in [1.29, 1.82) is 0 Å². The van der Waals surface area contributed by atoms with E-state index in [0.29, 0.717) is 21.2 Å². The summed E-state index contributed by atoms with van der Waals surface area (Å²) in [7, 11) is 0. The highest BCUT2D eigenvalue weighted by molar-refractivity contribution is 6.43. The predicted octanol–water partition coefficient (Wildman–Crippen LogP) is 5.92. The zero-order valence-corrected chi connectivity index (χ0v) is 11.6. The largest absolute Gasteiger partial charge is 0.434 e. The fraction of sp³-hybridized carbons (Fsp3) is 0.0769. The molecule has 0 N–H and O–H groups in total. The predicted molar refractivity (Wildman–Crippen MR) is 73.5 cm³/mol. The minimum absolute atomic E-state index is 0.0106. The van der Waals surface area contributed by atoms with Gasteiger partial charge in [0.2, 0.25) is 0 Å². The molecule has 0 aliphatic carbocycles. The van der Waals surface area contributed by atoms with Gasteiger partial charge in [-0.25, -0.2) is 0 Å². The van der Waals surface area contributed by atoms with Gasteiger partial charge in [-0.1, -0.05) is 46.9 Å². The van der Waals surface area contributed by atoms with Crippen molar-refractivity contribution in [3.63, 3.8) is 0 Å². The highest BCUT2D eigenvalue weighted by Gasteiger charge is 2.15. The molecule has 1 nitrogen and oxygen atoms in total. The number of hydrogen-bond donors (Lipinski definition) is 0. The average Bonchev–Trinajstić information content (AvgIpc) is 2.35. The Kier molecular flexibility index (Phi) is 4.50. The Labute approximate surface area is 123 Å². The van der Waals surface area contributed by atoms with Gasteiger partial charge in [-0.3, -0.25) is 0 Å². The van der Waals surface area contributed by atoms with E-state index in [9.17, 15) is 8.78 Å². The monoisotopic (exact) mass is 322 g/mol. The van der Waals surface area contributed by atoms with Crippen molar-refractivity contribution in [2.75, 3.05) is 0 Å². The van der Waals surface area contributed by atoms with Gasteiger partial charge in [0.15, 0.2) is 0 Å². The van der Waals surface area contributed by atoms with Gasteiger partial charge in [-0.2, -0.15) is 8.78 Å². The highest BCUT2D eigenvalue weighted by Crippen LogP contribution is 2.39. The molecule has 0 atom stereocenters. The highest BCUT2D eigenvalue weighted by atomic mass is 35.5. The summed E-state index contributed by atoms with van der Waals surface area (Å²) in [5.74, 6) is -0.0106. The standard InChI is InChI=1S/C13H7Cl3F2O/c14-7-4-5-11(19-13(17)18)9(6-7)8-2-1-3-10(15)12(8)16/h1-6,13H. The van der Waals surface area contributed by atoms with E-state index < -0.39 is 6.61 Å². The van der Waals surface area contributed by atoms with E-state index in [-0.39, 0.29) is 10.8 Å². The number of benzene rings is 2. The van der Waals surface area contributed by atoms with Crippen LogP contribution >= 0.6 is 34.8 Å². The van der Waals surface area contributed by atoms with E-state index >= 15 is 0 Å². The molecule has 0 aromatic heterocycles. The lowest BCUT2D eigenvalue weighted by molar-refractivity contribution is -0.0494. The van der Waals surface area contributed by atoms with Crippen molar-refractivity contribution in [2.24, 2.45) is 0 Å². The number of rotatable bonds is 3. The normalized spacial score (nSPS) is 10.8. The lowest BCUT2D eigenvalue weighted by atomic mass is 10.0. The van der Waals surface area contributed by atoms with Gasteiger partial charge in [0, 0.05) is 16.1 Å². The Morgan fingerprint density at radius 1 is 0.947 bits per heavy atom. The molecule has 0 radical (unpaired) electrons. The van der Waals surface area contributed by atoms with Crippen LogP contribution < -0.4 is 4.74 Å². The molecule has 2 rings (SSSR count). The molecule has 100 valence electrons. The topological polar surface area (TPSA) is 9.23 Å². The van der Waals surface area contributed by atoms with Crippen molar-refractivity contribution < 1.29 is 13.5 Å². The second kappa shape index (κ2) is 5.95. The third-order valence-electron chi connectivity index (χ3n) is 2.40. The van der Waals surface area contributed by atoms with Crippen molar-refractivity contribution in [3.05, 3.63) is 51.5 Å². The van der Waals surface area contributed by atoms with Crippen LogP contribution in [0.4, 0.5) is 8.78 Å². The summed E-state index contributed by atoms with van der Waals surface area (Å²) in [4.78, 5) is 0. The van der Waals surface area contributed by atoms with E-state index in [1.165, 1.54) is 18.2 Å². The van der Waals surface area contributed by atoms with Crippen LogP contribution in [0.1, 0.15) is 0 Å².